The lowest BCUT2D eigenvalue weighted by Crippen LogP contribution is -2.10. The maximum absolute atomic E-state index is 10.9. The Morgan fingerprint density at radius 3 is 2.65 bits per heavy atom. The number of carboxylic acid groups (broad SMARTS) is 1. The largest absolute Gasteiger partial charge is 0.478 e. The molecule has 26 heavy (non-hydrogen) atoms. The van der Waals surface area contributed by atoms with Gasteiger partial charge >= 0.3 is 5.97 Å². The summed E-state index contributed by atoms with van der Waals surface area (Å²) in [6.45, 7) is 6.22. The van der Waals surface area contributed by atoms with Crippen molar-refractivity contribution < 1.29 is 9.90 Å². The highest BCUT2D eigenvalue weighted by molar-refractivity contribution is 5.92. The standard InChI is InChI=1S/C23H25NO2/c1-4-7-22(20-9-6-5-8-16(20)2)24-13-12-19-15-18(10-11-21(19)24)17(3)14-23(25)26/h5-6,8-15,22H,4,7H2,1-3H3,(H,25,26)/b17-14+. The van der Waals surface area contributed by atoms with E-state index in [0.717, 1.165) is 29.4 Å². The third-order valence-electron chi connectivity index (χ3n) is 4.96. The zero-order valence-electron chi connectivity index (χ0n) is 15.6. The van der Waals surface area contributed by atoms with Gasteiger partial charge in [0, 0.05) is 23.2 Å². The number of allylic oxidation sites excluding steroid dienone is 1. The predicted octanol–water partition coefficient (Wildman–Crippen LogP) is 5.83. The number of carbonyl (C=O) groups is 1. The average molecular weight is 347 g/mol. The van der Waals surface area contributed by atoms with E-state index in [9.17, 15) is 4.79 Å². The number of benzene rings is 2. The van der Waals surface area contributed by atoms with Crippen LogP contribution in [0.1, 0.15) is 49.4 Å². The summed E-state index contributed by atoms with van der Waals surface area (Å²) in [5.41, 5.74) is 5.55. The molecule has 0 bridgehead atoms. The van der Waals surface area contributed by atoms with Gasteiger partial charge in [-0.25, -0.2) is 4.79 Å². The summed E-state index contributed by atoms with van der Waals surface area (Å²) >= 11 is 0. The van der Waals surface area contributed by atoms with Crippen LogP contribution in [0.3, 0.4) is 0 Å². The molecule has 1 aromatic heterocycles. The van der Waals surface area contributed by atoms with E-state index >= 15 is 0 Å². The van der Waals surface area contributed by atoms with Crippen LogP contribution in [-0.4, -0.2) is 15.6 Å². The minimum atomic E-state index is -0.914. The maximum Gasteiger partial charge on any atom is 0.328 e. The van der Waals surface area contributed by atoms with Gasteiger partial charge in [0.1, 0.15) is 0 Å². The molecule has 0 spiro atoms. The Bertz CT molecular complexity index is 965. The fraction of sp³-hybridized carbons (Fsp3) is 0.261. The highest BCUT2D eigenvalue weighted by Gasteiger charge is 2.16. The SMILES string of the molecule is CCCC(c1ccccc1C)n1ccc2cc(/C(C)=C/C(=O)O)ccc21. The molecule has 134 valence electrons. The van der Waals surface area contributed by atoms with E-state index in [-0.39, 0.29) is 0 Å². The monoisotopic (exact) mass is 347 g/mol. The van der Waals surface area contributed by atoms with Crippen molar-refractivity contribution in [2.24, 2.45) is 0 Å². The molecule has 0 aliphatic heterocycles. The van der Waals surface area contributed by atoms with Gasteiger partial charge in [0.05, 0.1) is 6.04 Å². The summed E-state index contributed by atoms with van der Waals surface area (Å²) in [4.78, 5) is 10.9. The number of nitrogens with zero attached hydrogens (tertiary/aromatic N) is 1. The number of fused-ring (bicyclic) bond motifs is 1. The van der Waals surface area contributed by atoms with Crippen molar-refractivity contribution in [3.8, 4) is 0 Å². The summed E-state index contributed by atoms with van der Waals surface area (Å²) in [6.07, 6.45) is 5.59. The molecule has 1 atom stereocenters. The van der Waals surface area contributed by atoms with E-state index in [2.05, 4.69) is 67.1 Å². The van der Waals surface area contributed by atoms with Crippen LogP contribution >= 0.6 is 0 Å². The van der Waals surface area contributed by atoms with Crippen molar-refractivity contribution in [2.75, 3.05) is 0 Å². The Morgan fingerprint density at radius 2 is 1.96 bits per heavy atom. The van der Waals surface area contributed by atoms with Crippen LogP contribution in [0.4, 0.5) is 0 Å². The lowest BCUT2D eigenvalue weighted by Gasteiger charge is -2.22. The van der Waals surface area contributed by atoms with Crippen molar-refractivity contribution in [1.29, 1.82) is 0 Å². The smallest absolute Gasteiger partial charge is 0.328 e. The highest BCUT2D eigenvalue weighted by Crippen LogP contribution is 2.31. The van der Waals surface area contributed by atoms with Crippen molar-refractivity contribution in [3.63, 3.8) is 0 Å². The van der Waals surface area contributed by atoms with Gasteiger partial charge in [-0.3, -0.25) is 0 Å². The molecule has 0 aliphatic carbocycles. The number of hydrogen-bond acceptors (Lipinski definition) is 1. The fourth-order valence-corrected chi connectivity index (χ4v) is 3.63. The molecule has 3 rings (SSSR count). The lowest BCUT2D eigenvalue weighted by molar-refractivity contribution is -0.131. The topological polar surface area (TPSA) is 42.2 Å². The Kier molecular flexibility index (Phi) is 5.27. The third kappa shape index (κ3) is 3.57. The number of aliphatic carboxylic acids is 1. The van der Waals surface area contributed by atoms with Crippen LogP contribution < -0.4 is 0 Å². The zero-order chi connectivity index (χ0) is 18.7. The number of hydrogen-bond donors (Lipinski definition) is 1. The number of aryl methyl sites for hydroxylation is 1. The number of carboxylic acids is 1. The summed E-state index contributed by atoms with van der Waals surface area (Å²) in [6, 6.07) is 17.2. The van der Waals surface area contributed by atoms with Gasteiger partial charge < -0.3 is 9.67 Å². The second-order valence-corrected chi connectivity index (χ2v) is 6.82. The van der Waals surface area contributed by atoms with E-state index < -0.39 is 5.97 Å². The lowest BCUT2D eigenvalue weighted by atomic mass is 9.97. The Morgan fingerprint density at radius 1 is 1.19 bits per heavy atom. The minimum Gasteiger partial charge on any atom is -0.478 e. The molecule has 0 fully saturated rings. The molecular weight excluding hydrogens is 322 g/mol. The molecule has 2 aromatic carbocycles. The predicted molar refractivity (Wildman–Crippen MR) is 107 cm³/mol. The molecule has 0 amide bonds. The van der Waals surface area contributed by atoms with E-state index in [1.165, 1.54) is 22.7 Å². The first-order valence-electron chi connectivity index (χ1n) is 9.09. The average Bonchev–Trinajstić information content (AvgIpc) is 3.03. The van der Waals surface area contributed by atoms with Gasteiger partial charge in [0.25, 0.3) is 0 Å². The van der Waals surface area contributed by atoms with E-state index in [1.54, 1.807) is 0 Å². The summed E-state index contributed by atoms with van der Waals surface area (Å²) in [7, 11) is 0. The van der Waals surface area contributed by atoms with Crippen molar-refractivity contribution in [3.05, 3.63) is 77.5 Å². The van der Waals surface area contributed by atoms with E-state index in [4.69, 9.17) is 5.11 Å². The van der Waals surface area contributed by atoms with Gasteiger partial charge in [-0.05, 0) is 60.7 Å². The Labute approximate surface area is 154 Å². The molecule has 0 saturated heterocycles. The van der Waals surface area contributed by atoms with Gasteiger partial charge in [-0.15, -0.1) is 0 Å². The number of rotatable bonds is 6. The van der Waals surface area contributed by atoms with Crippen molar-refractivity contribution >= 4 is 22.4 Å². The van der Waals surface area contributed by atoms with E-state index in [1.807, 2.05) is 13.0 Å². The molecule has 0 aliphatic rings. The molecule has 0 saturated carbocycles. The van der Waals surface area contributed by atoms with Gasteiger partial charge in [-0.2, -0.15) is 0 Å². The van der Waals surface area contributed by atoms with Crippen molar-refractivity contribution in [1.82, 2.24) is 4.57 Å². The second kappa shape index (κ2) is 7.61. The first-order chi connectivity index (χ1) is 12.5. The van der Waals surface area contributed by atoms with Crippen LogP contribution in [-0.2, 0) is 4.79 Å². The quantitative estimate of drug-likeness (QED) is 0.570. The third-order valence-corrected chi connectivity index (χ3v) is 4.96. The Hall–Kier alpha value is -2.81. The summed E-state index contributed by atoms with van der Waals surface area (Å²) < 4.78 is 2.35. The first-order valence-corrected chi connectivity index (χ1v) is 9.09. The highest BCUT2D eigenvalue weighted by atomic mass is 16.4. The van der Waals surface area contributed by atoms with Crippen LogP contribution in [0.15, 0.2) is 60.8 Å². The first kappa shape index (κ1) is 18.0. The van der Waals surface area contributed by atoms with Crippen LogP contribution in [0.5, 0.6) is 0 Å². The normalized spacial score (nSPS) is 13.1. The number of aromatic nitrogens is 1. The van der Waals surface area contributed by atoms with Gasteiger partial charge in [0.2, 0.25) is 0 Å². The molecule has 1 N–H and O–H groups in total. The molecule has 1 unspecified atom stereocenters. The van der Waals surface area contributed by atoms with Crippen LogP contribution in [0.25, 0.3) is 16.5 Å². The zero-order valence-corrected chi connectivity index (χ0v) is 15.6. The van der Waals surface area contributed by atoms with E-state index in [0.29, 0.717) is 6.04 Å². The molecule has 0 radical (unpaired) electrons. The second-order valence-electron chi connectivity index (χ2n) is 6.82. The van der Waals surface area contributed by atoms with Crippen LogP contribution in [0.2, 0.25) is 0 Å². The molecule has 3 nitrogen and oxygen atoms in total. The van der Waals surface area contributed by atoms with Gasteiger partial charge in [-0.1, -0.05) is 43.7 Å². The maximum atomic E-state index is 10.9. The Balaban J connectivity index is 2.07. The van der Waals surface area contributed by atoms with Crippen LogP contribution in [0, 0.1) is 6.92 Å². The fourth-order valence-electron chi connectivity index (χ4n) is 3.63. The summed E-state index contributed by atoms with van der Waals surface area (Å²) in [5, 5.41) is 10.1. The minimum absolute atomic E-state index is 0.306. The molecule has 1 heterocycles. The van der Waals surface area contributed by atoms with Crippen molar-refractivity contribution in [2.45, 2.75) is 39.7 Å². The summed E-state index contributed by atoms with van der Waals surface area (Å²) in [5.74, 6) is -0.914. The molecular formula is C23H25NO2. The van der Waals surface area contributed by atoms with Gasteiger partial charge in [0.15, 0.2) is 0 Å². The molecule has 3 aromatic rings. The molecule has 3 heteroatoms.